The molecule has 12 heavy (non-hydrogen) atoms. The lowest BCUT2D eigenvalue weighted by molar-refractivity contribution is 0.0895. The van der Waals surface area contributed by atoms with Gasteiger partial charge in [0.2, 0.25) is 0 Å². The standard InChI is InChI=1S/C9H19NOS/c1-8-9(2,4-6-11-8)10-5-7-12-3/h8,10H,4-7H2,1-3H3. The normalized spacial score (nSPS) is 35.8. The van der Waals surface area contributed by atoms with Crippen LogP contribution in [-0.2, 0) is 4.74 Å². The molecular weight excluding hydrogens is 170 g/mol. The first kappa shape index (κ1) is 10.4. The maximum atomic E-state index is 5.53. The fraction of sp³-hybridized carbons (Fsp3) is 1.00. The zero-order valence-electron chi connectivity index (χ0n) is 8.22. The van der Waals surface area contributed by atoms with Gasteiger partial charge in [0.1, 0.15) is 0 Å². The summed E-state index contributed by atoms with van der Waals surface area (Å²) in [6.07, 6.45) is 3.64. The van der Waals surface area contributed by atoms with Crippen molar-refractivity contribution in [1.82, 2.24) is 5.32 Å². The van der Waals surface area contributed by atoms with E-state index in [1.54, 1.807) is 0 Å². The third-order valence-corrected chi connectivity index (χ3v) is 3.33. The maximum Gasteiger partial charge on any atom is 0.0726 e. The quantitative estimate of drug-likeness (QED) is 0.677. The summed E-state index contributed by atoms with van der Waals surface area (Å²) in [5, 5.41) is 3.56. The number of ether oxygens (including phenoxy) is 1. The van der Waals surface area contributed by atoms with Crippen LogP contribution in [0.25, 0.3) is 0 Å². The highest BCUT2D eigenvalue weighted by molar-refractivity contribution is 7.98. The van der Waals surface area contributed by atoms with Crippen molar-refractivity contribution >= 4 is 11.8 Å². The van der Waals surface area contributed by atoms with Gasteiger partial charge in [-0.2, -0.15) is 11.8 Å². The van der Waals surface area contributed by atoms with Crippen molar-refractivity contribution in [2.24, 2.45) is 0 Å². The summed E-state index contributed by atoms with van der Waals surface area (Å²) in [7, 11) is 0. The molecule has 0 aliphatic carbocycles. The van der Waals surface area contributed by atoms with Crippen molar-refractivity contribution in [3.8, 4) is 0 Å². The molecule has 1 rings (SSSR count). The topological polar surface area (TPSA) is 21.3 Å². The average molecular weight is 189 g/mol. The summed E-state index contributed by atoms with van der Waals surface area (Å²) in [6.45, 7) is 6.40. The first-order chi connectivity index (χ1) is 5.69. The van der Waals surface area contributed by atoms with E-state index in [1.165, 1.54) is 5.75 Å². The van der Waals surface area contributed by atoms with Crippen LogP contribution in [0.3, 0.4) is 0 Å². The molecule has 1 aliphatic heterocycles. The van der Waals surface area contributed by atoms with Gasteiger partial charge in [0, 0.05) is 24.4 Å². The minimum absolute atomic E-state index is 0.218. The Bertz CT molecular complexity index is 142. The predicted molar refractivity (Wildman–Crippen MR) is 54.8 cm³/mol. The molecule has 2 unspecified atom stereocenters. The molecule has 0 amide bonds. The molecule has 0 spiro atoms. The van der Waals surface area contributed by atoms with Crippen LogP contribution < -0.4 is 5.32 Å². The Labute approximate surface area is 79.4 Å². The van der Waals surface area contributed by atoms with E-state index in [0.717, 1.165) is 19.6 Å². The fourth-order valence-corrected chi connectivity index (χ4v) is 1.81. The SMILES string of the molecule is CSCCNC1(C)CCOC1C. The van der Waals surface area contributed by atoms with Gasteiger partial charge in [0.25, 0.3) is 0 Å². The number of rotatable bonds is 4. The molecule has 3 heteroatoms. The molecule has 0 aromatic rings. The highest BCUT2D eigenvalue weighted by Crippen LogP contribution is 2.24. The van der Waals surface area contributed by atoms with Crippen molar-refractivity contribution in [1.29, 1.82) is 0 Å². The van der Waals surface area contributed by atoms with Gasteiger partial charge in [-0.1, -0.05) is 0 Å². The summed E-state index contributed by atoms with van der Waals surface area (Å²) in [4.78, 5) is 0. The molecular formula is C9H19NOS. The summed E-state index contributed by atoms with van der Waals surface area (Å²) in [5.41, 5.74) is 0.218. The summed E-state index contributed by atoms with van der Waals surface area (Å²) in [6, 6.07) is 0. The summed E-state index contributed by atoms with van der Waals surface area (Å²) >= 11 is 1.88. The lowest BCUT2D eigenvalue weighted by Gasteiger charge is -2.28. The van der Waals surface area contributed by atoms with Gasteiger partial charge in [-0.25, -0.2) is 0 Å². The monoisotopic (exact) mass is 189 g/mol. The van der Waals surface area contributed by atoms with E-state index in [1.807, 2.05) is 11.8 Å². The zero-order valence-corrected chi connectivity index (χ0v) is 9.04. The van der Waals surface area contributed by atoms with Crippen molar-refractivity contribution in [2.45, 2.75) is 31.9 Å². The highest BCUT2D eigenvalue weighted by atomic mass is 32.2. The van der Waals surface area contributed by atoms with E-state index < -0.39 is 0 Å². The molecule has 0 aromatic heterocycles. The second-order valence-electron chi connectivity index (χ2n) is 3.60. The van der Waals surface area contributed by atoms with E-state index in [-0.39, 0.29) is 5.54 Å². The van der Waals surface area contributed by atoms with Crippen LogP contribution in [-0.4, -0.2) is 36.8 Å². The van der Waals surface area contributed by atoms with Crippen molar-refractivity contribution in [3.05, 3.63) is 0 Å². The number of hydrogen-bond donors (Lipinski definition) is 1. The van der Waals surface area contributed by atoms with Crippen molar-refractivity contribution in [2.75, 3.05) is 25.2 Å². The van der Waals surface area contributed by atoms with Gasteiger partial charge in [0.15, 0.2) is 0 Å². The Morgan fingerprint density at radius 3 is 2.92 bits per heavy atom. The maximum absolute atomic E-state index is 5.53. The molecule has 2 atom stereocenters. The van der Waals surface area contributed by atoms with Gasteiger partial charge in [0.05, 0.1) is 6.10 Å². The molecule has 0 aromatic carbocycles. The molecule has 1 fully saturated rings. The second kappa shape index (κ2) is 4.49. The Morgan fingerprint density at radius 2 is 2.42 bits per heavy atom. The lowest BCUT2D eigenvalue weighted by Crippen LogP contribution is -2.48. The number of nitrogens with one attached hydrogen (secondary N) is 1. The lowest BCUT2D eigenvalue weighted by atomic mass is 9.95. The van der Waals surface area contributed by atoms with Crippen LogP contribution in [0.4, 0.5) is 0 Å². The minimum atomic E-state index is 0.218. The van der Waals surface area contributed by atoms with Crippen LogP contribution in [0, 0.1) is 0 Å². The fourth-order valence-electron chi connectivity index (χ4n) is 1.51. The molecule has 1 saturated heterocycles. The Morgan fingerprint density at radius 1 is 1.67 bits per heavy atom. The van der Waals surface area contributed by atoms with E-state index in [4.69, 9.17) is 4.74 Å². The van der Waals surface area contributed by atoms with Crippen LogP contribution in [0.2, 0.25) is 0 Å². The Kier molecular flexibility index (Phi) is 3.87. The van der Waals surface area contributed by atoms with Gasteiger partial charge in [-0.05, 0) is 26.5 Å². The Hall–Kier alpha value is 0.270. The predicted octanol–water partition coefficient (Wildman–Crippen LogP) is 1.51. The third-order valence-electron chi connectivity index (χ3n) is 2.72. The van der Waals surface area contributed by atoms with Crippen LogP contribution in [0.15, 0.2) is 0 Å². The van der Waals surface area contributed by atoms with Crippen LogP contribution in [0.1, 0.15) is 20.3 Å². The molecule has 2 nitrogen and oxygen atoms in total. The molecule has 0 radical (unpaired) electrons. The average Bonchev–Trinajstić information content (AvgIpc) is 2.34. The summed E-state index contributed by atoms with van der Waals surface area (Å²) in [5.74, 6) is 1.18. The van der Waals surface area contributed by atoms with Gasteiger partial charge >= 0.3 is 0 Å². The van der Waals surface area contributed by atoms with Crippen molar-refractivity contribution in [3.63, 3.8) is 0 Å². The molecule has 72 valence electrons. The third kappa shape index (κ3) is 2.38. The van der Waals surface area contributed by atoms with Gasteiger partial charge in [-0.15, -0.1) is 0 Å². The van der Waals surface area contributed by atoms with Gasteiger partial charge < -0.3 is 10.1 Å². The second-order valence-corrected chi connectivity index (χ2v) is 4.59. The van der Waals surface area contributed by atoms with E-state index >= 15 is 0 Å². The van der Waals surface area contributed by atoms with Crippen LogP contribution in [0.5, 0.6) is 0 Å². The van der Waals surface area contributed by atoms with E-state index in [2.05, 4.69) is 25.4 Å². The van der Waals surface area contributed by atoms with Gasteiger partial charge in [-0.3, -0.25) is 0 Å². The largest absolute Gasteiger partial charge is 0.377 e. The number of thioether (sulfide) groups is 1. The zero-order chi connectivity index (χ0) is 9.03. The molecule has 0 saturated carbocycles. The summed E-state index contributed by atoms with van der Waals surface area (Å²) < 4.78 is 5.53. The first-order valence-electron chi connectivity index (χ1n) is 4.54. The Balaban J connectivity index is 2.27. The first-order valence-corrected chi connectivity index (χ1v) is 5.94. The van der Waals surface area contributed by atoms with E-state index in [9.17, 15) is 0 Å². The molecule has 0 bridgehead atoms. The smallest absolute Gasteiger partial charge is 0.0726 e. The molecule has 1 heterocycles. The minimum Gasteiger partial charge on any atom is -0.377 e. The molecule has 1 N–H and O–H groups in total. The van der Waals surface area contributed by atoms with Crippen LogP contribution >= 0.6 is 11.8 Å². The van der Waals surface area contributed by atoms with E-state index in [0.29, 0.717) is 6.10 Å². The molecule has 1 aliphatic rings. The highest BCUT2D eigenvalue weighted by Gasteiger charge is 2.35. The number of hydrogen-bond acceptors (Lipinski definition) is 3. The van der Waals surface area contributed by atoms with Crippen molar-refractivity contribution < 1.29 is 4.74 Å².